The molecule has 2 heterocycles. The number of amides is 1. The number of hydrogen-bond donors (Lipinski definition) is 2. The third-order valence-corrected chi connectivity index (χ3v) is 3.62. The monoisotopic (exact) mass is 309 g/mol. The van der Waals surface area contributed by atoms with Crippen molar-refractivity contribution in [2.24, 2.45) is 0 Å². The molecule has 0 saturated carbocycles. The lowest BCUT2D eigenvalue weighted by Gasteiger charge is -1.98. The number of nitrogens with one attached hydrogen (secondary N) is 2. The van der Waals surface area contributed by atoms with Crippen molar-refractivity contribution in [1.29, 1.82) is 5.26 Å². The van der Waals surface area contributed by atoms with Gasteiger partial charge in [0.25, 0.3) is 5.91 Å². The molecule has 0 saturated heterocycles. The Labute approximate surface area is 130 Å². The second kappa shape index (κ2) is 6.20. The summed E-state index contributed by atoms with van der Waals surface area (Å²) in [6.07, 6.45) is 2.10. The van der Waals surface area contributed by atoms with Gasteiger partial charge in [-0.05, 0) is 11.6 Å². The average molecular weight is 309 g/mol. The Morgan fingerprint density at radius 2 is 2.18 bits per heavy atom. The Morgan fingerprint density at radius 3 is 2.91 bits per heavy atom. The first-order valence-electron chi connectivity index (χ1n) is 6.51. The van der Waals surface area contributed by atoms with E-state index in [4.69, 9.17) is 5.26 Å². The minimum atomic E-state index is -0.344. The zero-order valence-corrected chi connectivity index (χ0v) is 12.2. The number of anilines is 1. The zero-order valence-electron chi connectivity index (χ0n) is 11.4. The van der Waals surface area contributed by atoms with E-state index in [1.807, 2.05) is 36.4 Å². The van der Waals surface area contributed by atoms with Gasteiger partial charge in [-0.15, -0.1) is 0 Å². The van der Waals surface area contributed by atoms with Gasteiger partial charge in [0.1, 0.15) is 17.6 Å². The fourth-order valence-electron chi connectivity index (χ4n) is 1.91. The van der Waals surface area contributed by atoms with E-state index < -0.39 is 0 Å². The van der Waals surface area contributed by atoms with Gasteiger partial charge in [-0.2, -0.15) is 9.64 Å². The Balaban J connectivity index is 1.66. The van der Waals surface area contributed by atoms with Crippen LogP contribution in [0, 0.1) is 11.3 Å². The predicted molar refractivity (Wildman–Crippen MR) is 82.6 cm³/mol. The van der Waals surface area contributed by atoms with Crippen molar-refractivity contribution in [1.82, 2.24) is 14.3 Å². The number of carbonyl (C=O) groups excluding carboxylic acids is 1. The first-order valence-corrected chi connectivity index (χ1v) is 7.28. The number of nitrogens with zero attached hydrogens (tertiary/aromatic N) is 3. The van der Waals surface area contributed by atoms with Crippen LogP contribution in [0.4, 0.5) is 5.13 Å². The maximum atomic E-state index is 12.0. The molecule has 108 valence electrons. The summed E-state index contributed by atoms with van der Waals surface area (Å²) in [5.74, 6) is 0.319. The van der Waals surface area contributed by atoms with Crippen molar-refractivity contribution in [3.63, 3.8) is 0 Å². The molecule has 1 amide bonds. The molecule has 0 aliphatic heterocycles. The van der Waals surface area contributed by atoms with Crippen molar-refractivity contribution in [3.8, 4) is 6.07 Å². The predicted octanol–water partition coefficient (Wildman–Crippen LogP) is 2.58. The minimum absolute atomic E-state index is 0.316. The van der Waals surface area contributed by atoms with E-state index in [0.717, 1.165) is 17.1 Å². The van der Waals surface area contributed by atoms with Crippen LogP contribution in [-0.2, 0) is 6.42 Å². The summed E-state index contributed by atoms with van der Waals surface area (Å²) < 4.78 is 4.23. The lowest BCUT2D eigenvalue weighted by Crippen LogP contribution is -2.12. The summed E-state index contributed by atoms with van der Waals surface area (Å²) in [4.78, 5) is 19.0. The highest BCUT2D eigenvalue weighted by Gasteiger charge is 2.12. The van der Waals surface area contributed by atoms with Gasteiger partial charge in [-0.1, -0.05) is 30.3 Å². The molecule has 3 aromatic rings. The highest BCUT2D eigenvalue weighted by molar-refractivity contribution is 7.09. The molecule has 0 spiro atoms. The molecule has 0 bridgehead atoms. The van der Waals surface area contributed by atoms with Gasteiger partial charge >= 0.3 is 0 Å². The van der Waals surface area contributed by atoms with E-state index in [0.29, 0.717) is 28.6 Å². The number of hydrogen-bond acceptors (Lipinski definition) is 5. The SMILES string of the molecule is N#Cc1c[nH]c(C(=O)Nc2nc(Cc3ccccc3)ns2)c1. The first kappa shape index (κ1) is 14.0. The van der Waals surface area contributed by atoms with Gasteiger partial charge in [0.05, 0.1) is 5.56 Å². The van der Waals surface area contributed by atoms with Gasteiger partial charge in [0.2, 0.25) is 5.13 Å². The van der Waals surface area contributed by atoms with Crippen LogP contribution in [0.1, 0.15) is 27.4 Å². The fraction of sp³-hybridized carbons (Fsp3) is 0.0667. The highest BCUT2D eigenvalue weighted by atomic mass is 32.1. The number of H-pyrrole nitrogens is 1. The highest BCUT2D eigenvalue weighted by Crippen LogP contribution is 2.15. The third kappa shape index (κ3) is 3.19. The largest absolute Gasteiger partial charge is 0.356 e. The molecular formula is C15H11N5OS. The number of rotatable bonds is 4. The van der Waals surface area contributed by atoms with Crippen LogP contribution in [0.3, 0.4) is 0 Å². The molecular weight excluding hydrogens is 298 g/mol. The van der Waals surface area contributed by atoms with Crippen molar-refractivity contribution >= 4 is 22.6 Å². The molecule has 0 aliphatic carbocycles. The Morgan fingerprint density at radius 1 is 1.36 bits per heavy atom. The van der Waals surface area contributed by atoms with Crippen molar-refractivity contribution in [2.45, 2.75) is 6.42 Å². The van der Waals surface area contributed by atoms with E-state index >= 15 is 0 Å². The van der Waals surface area contributed by atoms with Gasteiger partial charge in [-0.25, -0.2) is 4.98 Å². The standard InChI is InChI=1S/C15H11N5OS/c16-8-11-6-12(17-9-11)14(21)19-15-18-13(20-22-15)7-10-4-2-1-3-5-10/h1-6,9,17H,7H2,(H,18,19,20,21). The Bertz CT molecular complexity index is 831. The smallest absolute Gasteiger partial charge is 0.273 e. The van der Waals surface area contributed by atoms with Gasteiger partial charge in [0.15, 0.2) is 0 Å². The summed E-state index contributed by atoms with van der Waals surface area (Å²) >= 11 is 1.13. The first-order chi connectivity index (χ1) is 10.7. The maximum Gasteiger partial charge on any atom is 0.273 e. The van der Waals surface area contributed by atoms with E-state index in [9.17, 15) is 4.79 Å². The number of benzene rings is 1. The molecule has 0 unspecified atom stereocenters. The second-order valence-corrected chi connectivity index (χ2v) is 5.30. The van der Waals surface area contributed by atoms with Crippen LogP contribution < -0.4 is 5.32 Å². The van der Waals surface area contributed by atoms with Crippen molar-refractivity contribution in [2.75, 3.05) is 5.32 Å². The summed E-state index contributed by atoms with van der Waals surface area (Å²) in [5, 5.41) is 11.8. The van der Waals surface area contributed by atoms with Crippen LogP contribution in [0.2, 0.25) is 0 Å². The van der Waals surface area contributed by atoms with Crippen molar-refractivity contribution < 1.29 is 4.79 Å². The molecule has 6 nitrogen and oxygen atoms in total. The van der Waals surface area contributed by atoms with E-state index in [-0.39, 0.29) is 5.91 Å². The third-order valence-electron chi connectivity index (χ3n) is 2.95. The summed E-state index contributed by atoms with van der Waals surface area (Å²) in [6, 6.07) is 13.3. The summed E-state index contributed by atoms with van der Waals surface area (Å²) in [5.41, 5.74) is 1.84. The minimum Gasteiger partial charge on any atom is -0.356 e. The molecule has 22 heavy (non-hydrogen) atoms. The zero-order chi connectivity index (χ0) is 15.4. The molecule has 2 N–H and O–H groups in total. The molecule has 0 atom stereocenters. The van der Waals surface area contributed by atoms with Crippen LogP contribution in [0.5, 0.6) is 0 Å². The van der Waals surface area contributed by atoms with Gasteiger partial charge in [-0.3, -0.25) is 10.1 Å². The maximum absolute atomic E-state index is 12.0. The van der Waals surface area contributed by atoms with Crippen LogP contribution >= 0.6 is 11.5 Å². The molecule has 2 aromatic heterocycles. The Kier molecular flexibility index (Phi) is 3.94. The van der Waals surface area contributed by atoms with Crippen molar-refractivity contribution in [3.05, 3.63) is 65.2 Å². The Hall–Kier alpha value is -2.98. The van der Waals surface area contributed by atoms with E-state index in [1.165, 1.54) is 12.3 Å². The van der Waals surface area contributed by atoms with Crippen LogP contribution in [-0.4, -0.2) is 20.2 Å². The second-order valence-electron chi connectivity index (χ2n) is 4.55. The lowest BCUT2D eigenvalue weighted by molar-refractivity contribution is 0.102. The van der Waals surface area contributed by atoms with Gasteiger partial charge < -0.3 is 4.98 Å². The summed E-state index contributed by atoms with van der Waals surface area (Å²) in [6.45, 7) is 0. The van der Waals surface area contributed by atoms with Gasteiger partial charge in [0, 0.05) is 24.2 Å². The normalized spacial score (nSPS) is 10.1. The molecule has 0 radical (unpaired) electrons. The van der Waals surface area contributed by atoms with Crippen LogP contribution in [0.15, 0.2) is 42.6 Å². The number of aromatic nitrogens is 3. The van der Waals surface area contributed by atoms with E-state index in [2.05, 4.69) is 19.7 Å². The van der Waals surface area contributed by atoms with E-state index in [1.54, 1.807) is 0 Å². The number of carbonyl (C=O) groups is 1. The molecule has 1 aromatic carbocycles. The molecule has 3 rings (SSSR count). The number of aromatic amines is 1. The topological polar surface area (TPSA) is 94.5 Å². The quantitative estimate of drug-likeness (QED) is 0.774. The number of nitriles is 1. The summed E-state index contributed by atoms with van der Waals surface area (Å²) in [7, 11) is 0. The lowest BCUT2D eigenvalue weighted by atomic mass is 10.1. The average Bonchev–Trinajstić information content (AvgIpc) is 3.17. The molecule has 0 aliphatic rings. The molecule has 7 heteroatoms. The fourth-order valence-corrected chi connectivity index (χ4v) is 2.49. The van der Waals surface area contributed by atoms with Crippen LogP contribution in [0.25, 0.3) is 0 Å². The molecule has 0 fully saturated rings.